The topological polar surface area (TPSA) is 49.7 Å². The largest absolute Gasteiger partial charge is 0.367 e. The molecule has 2 aliphatic rings. The summed E-state index contributed by atoms with van der Waals surface area (Å²) in [4.78, 5) is 0. The van der Waals surface area contributed by atoms with E-state index in [0.29, 0.717) is 0 Å². The number of allylic oxidation sites excluding steroid dienone is 1. The van der Waals surface area contributed by atoms with Crippen LogP contribution in [0.25, 0.3) is 0 Å². The maximum Gasteiger partial charge on any atom is 0.164 e. The van der Waals surface area contributed by atoms with Gasteiger partial charge in [-0.2, -0.15) is 0 Å². The average molecular weight is 212 g/mol. The number of fused-ring (bicyclic) bond motifs is 1. The molecule has 86 valence electrons. The summed E-state index contributed by atoms with van der Waals surface area (Å²) in [5, 5.41) is 19.6. The van der Waals surface area contributed by atoms with E-state index >= 15 is 0 Å². The highest BCUT2D eigenvalue weighted by Gasteiger charge is 2.41. The van der Waals surface area contributed by atoms with Crippen LogP contribution in [0.2, 0.25) is 0 Å². The molecule has 0 aromatic rings. The Labute approximate surface area is 90.8 Å². The van der Waals surface area contributed by atoms with Crippen molar-refractivity contribution >= 4 is 0 Å². The van der Waals surface area contributed by atoms with E-state index in [0.717, 1.165) is 25.7 Å². The van der Waals surface area contributed by atoms with Crippen LogP contribution in [0.5, 0.6) is 0 Å². The van der Waals surface area contributed by atoms with Gasteiger partial charge < -0.3 is 14.9 Å². The Hall–Kier alpha value is -0.380. The first kappa shape index (κ1) is 11.1. The summed E-state index contributed by atoms with van der Waals surface area (Å²) in [7, 11) is 0. The molecule has 2 rings (SSSR count). The second kappa shape index (κ2) is 4.24. The molecule has 2 N–H and O–H groups in total. The number of hydrogen-bond donors (Lipinski definition) is 2. The van der Waals surface area contributed by atoms with Crippen LogP contribution in [0.15, 0.2) is 11.1 Å². The van der Waals surface area contributed by atoms with Crippen molar-refractivity contribution in [2.45, 2.75) is 52.1 Å². The Morgan fingerprint density at radius 3 is 2.73 bits per heavy atom. The second-order valence-corrected chi connectivity index (χ2v) is 4.67. The molecule has 3 heteroatoms. The molecule has 4 atom stereocenters. The SMILES string of the molecule is CCC1C2=C(C)CCC[C@@H]2[C@H](O)OC1O. The molecule has 0 amide bonds. The Morgan fingerprint density at radius 1 is 1.33 bits per heavy atom. The smallest absolute Gasteiger partial charge is 0.164 e. The van der Waals surface area contributed by atoms with Gasteiger partial charge >= 0.3 is 0 Å². The minimum atomic E-state index is -0.829. The van der Waals surface area contributed by atoms with Gasteiger partial charge in [-0.3, -0.25) is 0 Å². The fraction of sp³-hybridized carbons (Fsp3) is 0.833. The van der Waals surface area contributed by atoms with Crippen molar-refractivity contribution in [3.63, 3.8) is 0 Å². The number of ether oxygens (including phenoxy) is 1. The normalized spacial score (nSPS) is 41.6. The molecule has 0 aromatic heterocycles. The number of rotatable bonds is 1. The molecule has 0 aromatic carbocycles. The predicted octanol–water partition coefficient (Wildman–Crippen LogP) is 1.80. The third-order valence-electron chi connectivity index (χ3n) is 3.77. The van der Waals surface area contributed by atoms with E-state index in [1.807, 2.05) is 0 Å². The highest BCUT2D eigenvalue weighted by Crippen LogP contribution is 2.43. The van der Waals surface area contributed by atoms with E-state index in [1.54, 1.807) is 0 Å². The lowest BCUT2D eigenvalue weighted by molar-refractivity contribution is -0.260. The minimum Gasteiger partial charge on any atom is -0.367 e. The maximum atomic E-state index is 9.79. The van der Waals surface area contributed by atoms with Gasteiger partial charge in [-0.05, 0) is 32.6 Å². The summed E-state index contributed by atoms with van der Waals surface area (Å²) < 4.78 is 5.18. The van der Waals surface area contributed by atoms with Gasteiger partial charge in [0.05, 0.1) is 0 Å². The van der Waals surface area contributed by atoms with Crippen molar-refractivity contribution in [1.82, 2.24) is 0 Å². The monoisotopic (exact) mass is 212 g/mol. The molecule has 2 unspecified atom stereocenters. The summed E-state index contributed by atoms with van der Waals surface area (Å²) in [5.74, 6) is 0.200. The number of aliphatic hydroxyl groups is 2. The highest BCUT2D eigenvalue weighted by molar-refractivity contribution is 5.23. The first-order chi connectivity index (χ1) is 7.15. The zero-order chi connectivity index (χ0) is 11.0. The van der Waals surface area contributed by atoms with Gasteiger partial charge in [0.25, 0.3) is 0 Å². The molecule has 3 nitrogen and oxygen atoms in total. The van der Waals surface area contributed by atoms with Gasteiger partial charge in [0.15, 0.2) is 12.6 Å². The molecular weight excluding hydrogens is 192 g/mol. The highest BCUT2D eigenvalue weighted by atomic mass is 16.7. The Balaban J connectivity index is 2.34. The van der Waals surface area contributed by atoms with Gasteiger partial charge in [-0.25, -0.2) is 0 Å². The lowest BCUT2D eigenvalue weighted by Gasteiger charge is -2.42. The standard InChI is InChI=1S/C12H20O3/c1-3-8-10-7(2)5-4-6-9(10)12(14)15-11(8)13/h8-9,11-14H,3-6H2,1-2H3/t8?,9-,11?,12+/m0/s1. The Bertz CT molecular complexity index is 272. The van der Waals surface area contributed by atoms with Crippen LogP contribution in [0.4, 0.5) is 0 Å². The van der Waals surface area contributed by atoms with Gasteiger partial charge in [0.2, 0.25) is 0 Å². The summed E-state index contributed by atoms with van der Waals surface area (Å²) >= 11 is 0. The van der Waals surface area contributed by atoms with Crippen LogP contribution in [-0.2, 0) is 4.74 Å². The third-order valence-corrected chi connectivity index (χ3v) is 3.77. The van der Waals surface area contributed by atoms with E-state index in [9.17, 15) is 10.2 Å². The molecule has 1 heterocycles. The molecule has 15 heavy (non-hydrogen) atoms. The van der Waals surface area contributed by atoms with E-state index < -0.39 is 12.6 Å². The Kier molecular flexibility index (Phi) is 3.14. The van der Waals surface area contributed by atoms with Crippen LogP contribution >= 0.6 is 0 Å². The molecule has 0 spiro atoms. The van der Waals surface area contributed by atoms with Crippen LogP contribution in [0.1, 0.15) is 39.5 Å². The van der Waals surface area contributed by atoms with Crippen LogP contribution in [0, 0.1) is 11.8 Å². The molecular formula is C12H20O3. The van der Waals surface area contributed by atoms with Gasteiger partial charge in [0, 0.05) is 11.8 Å². The summed E-state index contributed by atoms with van der Waals surface area (Å²) in [6.45, 7) is 4.18. The molecule has 0 saturated carbocycles. The zero-order valence-corrected chi connectivity index (χ0v) is 9.44. The third kappa shape index (κ3) is 1.84. The van der Waals surface area contributed by atoms with Crippen LogP contribution in [-0.4, -0.2) is 22.8 Å². The molecule has 1 aliphatic carbocycles. The average Bonchev–Trinajstić information content (AvgIpc) is 2.20. The first-order valence-corrected chi connectivity index (χ1v) is 5.86. The number of hydrogen-bond acceptors (Lipinski definition) is 3. The molecule has 0 bridgehead atoms. The van der Waals surface area contributed by atoms with Crippen molar-refractivity contribution in [2.24, 2.45) is 11.8 Å². The van der Waals surface area contributed by atoms with Crippen molar-refractivity contribution in [2.75, 3.05) is 0 Å². The van der Waals surface area contributed by atoms with Crippen molar-refractivity contribution < 1.29 is 14.9 Å². The van der Waals surface area contributed by atoms with Gasteiger partial charge in [0.1, 0.15) is 0 Å². The van der Waals surface area contributed by atoms with Gasteiger partial charge in [-0.15, -0.1) is 0 Å². The van der Waals surface area contributed by atoms with Crippen molar-refractivity contribution in [3.05, 3.63) is 11.1 Å². The number of aliphatic hydroxyl groups excluding tert-OH is 2. The molecule has 1 saturated heterocycles. The fourth-order valence-electron chi connectivity index (χ4n) is 3.00. The molecule has 1 fully saturated rings. The second-order valence-electron chi connectivity index (χ2n) is 4.67. The quantitative estimate of drug-likeness (QED) is 0.652. The zero-order valence-electron chi connectivity index (χ0n) is 9.44. The van der Waals surface area contributed by atoms with Gasteiger partial charge in [-0.1, -0.05) is 18.1 Å². The van der Waals surface area contributed by atoms with Crippen LogP contribution < -0.4 is 0 Å². The Morgan fingerprint density at radius 2 is 2.07 bits per heavy atom. The first-order valence-electron chi connectivity index (χ1n) is 5.86. The molecule has 1 aliphatic heterocycles. The maximum absolute atomic E-state index is 9.79. The lowest BCUT2D eigenvalue weighted by Crippen LogP contribution is -2.44. The molecule has 0 radical (unpaired) electrons. The summed E-state index contributed by atoms with van der Waals surface area (Å²) in [6.07, 6.45) is 2.43. The summed E-state index contributed by atoms with van der Waals surface area (Å²) in [5.41, 5.74) is 2.61. The van der Waals surface area contributed by atoms with Crippen molar-refractivity contribution in [1.29, 1.82) is 0 Å². The van der Waals surface area contributed by atoms with Crippen LogP contribution in [0.3, 0.4) is 0 Å². The predicted molar refractivity (Wildman–Crippen MR) is 56.9 cm³/mol. The van der Waals surface area contributed by atoms with E-state index in [1.165, 1.54) is 11.1 Å². The van der Waals surface area contributed by atoms with Crippen molar-refractivity contribution in [3.8, 4) is 0 Å². The lowest BCUT2D eigenvalue weighted by atomic mass is 9.74. The van der Waals surface area contributed by atoms with E-state index in [-0.39, 0.29) is 11.8 Å². The minimum absolute atomic E-state index is 0.0821. The summed E-state index contributed by atoms with van der Waals surface area (Å²) in [6, 6.07) is 0. The fourth-order valence-corrected chi connectivity index (χ4v) is 3.00. The van der Waals surface area contributed by atoms with E-state index in [4.69, 9.17) is 4.74 Å². The van der Waals surface area contributed by atoms with E-state index in [2.05, 4.69) is 13.8 Å².